The van der Waals surface area contributed by atoms with Crippen molar-refractivity contribution in [3.63, 3.8) is 0 Å². The highest BCUT2D eigenvalue weighted by Gasteiger charge is 2.32. The van der Waals surface area contributed by atoms with Crippen LogP contribution in [-0.4, -0.2) is 53.2 Å². The Balaban J connectivity index is 2.54. The van der Waals surface area contributed by atoms with E-state index in [1.54, 1.807) is 20.8 Å². The number of nitrogens with one attached hydrogen (secondary N) is 3. The van der Waals surface area contributed by atoms with Crippen molar-refractivity contribution in [3.05, 3.63) is 0 Å². The van der Waals surface area contributed by atoms with E-state index in [1.165, 1.54) is 0 Å². The molecule has 1 aliphatic rings. The van der Waals surface area contributed by atoms with Gasteiger partial charge in [0.2, 0.25) is 11.8 Å². The maximum Gasteiger partial charge on any atom is 0.408 e. The fourth-order valence-corrected chi connectivity index (χ4v) is 4.10. The van der Waals surface area contributed by atoms with Gasteiger partial charge < -0.3 is 25.8 Å². The fraction of sp³-hybridized carbons (Fsp3) is 0.840. The summed E-state index contributed by atoms with van der Waals surface area (Å²) in [6.45, 7) is 13.5. The van der Waals surface area contributed by atoms with E-state index < -0.39 is 29.7 Å². The van der Waals surface area contributed by atoms with Crippen molar-refractivity contribution in [1.82, 2.24) is 16.0 Å². The summed E-state index contributed by atoms with van der Waals surface area (Å²) >= 11 is 0. The Hall–Kier alpha value is -2.32. The predicted octanol–water partition coefficient (Wildman–Crippen LogP) is 3.46. The summed E-state index contributed by atoms with van der Waals surface area (Å²) in [6.07, 6.45) is 3.41. The Morgan fingerprint density at radius 2 is 1.59 bits per heavy atom. The monoisotopic (exact) mass is 483 g/mol. The zero-order chi connectivity index (χ0) is 26.1. The Morgan fingerprint density at radius 1 is 1.00 bits per heavy atom. The summed E-state index contributed by atoms with van der Waals surface area (Å²) < 4.78 is 5.29. The number of rotatable bonds is 11. The van der Waals surface area contributed by atoms with Crippen molar-refractivity contribution in [2.75, 3.05) is 6.54 Å². The number of hydrogen-bond donors (Lipinski definition) is 4. The molecule has 0 bridgehead atoms. The van der Waals surface area contributed by atoms with E-state index in [-0.39, 0.29) is 35.5 Å². The van der Waals surface area contributed by atoms with Gasteiger partial charge in [0.05, 0.1) is 0 Å². The standard InChI is InChI=1S/C25H45N3O6/c1-8-16(4)20(23(31)32)28-21(29)18-11-9-17(10-12-18)14-26-22(30)19(13-15(2)3)27-24(33)34-25(5,6)7/h15-20H,8-14H2,1-7H3,(H,26,30)(H,27,33)(H,28,29)(H,31,32)/t16-,17?,18?,19+,20+/m1/s1. The highest BCUT2D eigenvalue weighted by Crippen LogP contribution is 2.29. The molecule has 9 nitrogen and oxygen atoms in total. The first kappa shape index (κ1) is 29.7. The highest BCUT2D eigenvalue weighted by atomic mass is 16.6. The second kappa shape index (κ2) is 13.5. The third kappa shape index (κ3) is 10.7. The zero-order valence-electron chi connectivity index (χ0n) is 21.9. The molecule has 34 heavy (non-hydrogen) atoms. The highest BCUT2D eigenvalue weighted by molar-refractivity contribution is 5.86. The van der Waals surface area contributed by atoms with E-state index in [9.17, 15) is 24.3 Å². The topological polar surface area (TPSA) is 134 Å². The number of ether oxygens (including phenoxy) is 1. The van der Waals surface area contributed by atoms with Crippen molar-refractivity contribution in [2.24, 2.45) is 23.7 Å². The van der Waals surface area contributed by atoms with Crippen molar-refractivity contribution in [2.45, 2.75) is 105 Å². The maximum absolute atomic E-state index is 12.8. The van der Waals surface area contributed by atoms with Gasteiger partial charge in [-0.25, -0.2) is 9.59 Å². The summed E-state index contributed by atoms with van der Waals surface area (Å²) in [5, 5.41) is 17.7. The first-order valence-corrected chi connectivity index (χ1v) is 12.5. The van der Waals surface area contributed by atoms with Gasteiger partial charge in [-0.05, 0) is 70.6 Å². The molecule has 0 spiro atoms. The van der Waals surface area contributed by atoms with Crippen LogP contribution in [0.4, 0.5) is 4.79 Å². The number of carboxylic acid groups (broad SMARTS) is 1. The molecule has 3 atom stereocenters. The number of carbonyl (C=O) groups is 4. The number of aliphatic carboxylic acids is 1. The molecule has 1 fully saturated rings. The molecule has 0 aromatic heterocycles. The lowest BCUT2D eigenvalue weighted by molar-refractivity contribution is -0.144. The molecule has 0 aromatic rings. The maximum atomic E-state index is 12.8. The molecule has 0 saturated heterocycles. The van der Waals surface area contributed by atoms with Crippen molar-refractivity contribution in [1.29, 1.82) is 0 Å². The molecule has 0 aliphatic heterocycles. The summed E-state index contributed by atoms with van der Waals surface area (Å²) in [7, 11) is 0. The van der Waals surface area contributed by atoms with Gasteiger partial charge in [-0.3, -0.25) is 9.59 Å². The largest absolute Gasteiger partial charge is 0.480 e. The van der Waals surface area contributed by atoms with Crippen LogP contribution in [-0.2, 0) is 19.1 Å². The van der Waals surface area contributed by atoms with Gasteiger partial charge in [0.1, 0.15) is 17.7 Å². The van der Waals surface area contributed by atoms with E-state index >= 15 is 0 Å². The molecule has 9 heteroatoms. The zero-order valence-corrected chi connectivity index (χ0v) is 21.9. The van der Waals surface area contributed by atoms with Crippen LogP contribution in [0.25, 0.3) is 0 Å². The minimum atomic E-state index is -1.00. The Labute approximate surface area is 204 Å². The first-order valence-electron chi connectivity index (χ1n) is 12.5. The van der Waals surface area contributed by atoms with E-state index in [1.807, 2.05) is 27.7 Å². The Kier molecular flexibility index (Phi) is 11.8. The van der Waals surface area contributed by atoms with Gasteiger partial charge in [-0.15, -0.1) is 0 Å². The molecule has 0 heterocycles. The molecule has 4 N–H and O–H groups in total. The van der Waals surface area contributed by atoms with E-state index in [0.717, 1.165) is 12.8 Å². The van der Waals surface area contributed by atoms with Crippen LogP contribution in [0, 0.1) is 23.7 Å². The van der Waals surface area contributed by atoms with Gasteiger partial charge in [-0.2, -0.15) is 0 Å². The van der Waals surface area contributed by atoms with Crippen LogP contribution in [0.15, 0.2) is 0 Å². The van der Waals surface area contributed by atoms with Crippen molar-refractivity contribution >= 4 is 23.9 Å². The van der Waals surface area contributed by atoms with Gasteiger partial charge in [-0.1, -0.05) is 34.1 Å². The molecule has 196 valence electrons. The molecular formula is C25H45N3O6. The number of hydrogen-bond acceptors (Lipinski definition) is 5. The van der Waals surface area contributed by atoms with Gasteiger partial charge in [0.15, 0.2) is 0 Å². The number of carbonyl (C=O) groups excluding carboxylic acids is 3. The summed E-state index contributed by atoms with van der Waals surface area (Å²) in [4.78, 5) is 49.0. The van der Waals surface area contributed by atoms with Gasteiger partial charge in [0, 0.05) is 12.5 Å². The van der Waals surface area contributed by atoms with E-state index in [2.05, 4.69) is 16.0 Å². The third-order valence-corrected chi connectivity index (χ3v) is 6.27. The predicted molar refractivity (Wildman–Crippen MR) is 130 cm³/mol. The minimum absolute atomic E-state index is 0.138. The first-order chi connectivity index (χ1) is 15.7. The van der Waals surface area contributed by atoms with E-state index in [4.69, 9.17) is 4.74 Å². The smallest absolute Gasteiger partial charge is 0.408 e. The molecular weight excluding hydrogens is 438 g/mol. The molecule has 1 rings (SSSR count). The molecule has 0 unspecified atom stereocenters. The van der Waals surface area contributed by atoms with Crippen LogP contribution < -0.4 is 16.0 Å². The van der Waals surface area contributed by atoms with Crippen LogP contribution >= 0.6 is 0 Å². The SMILES string of the molecule is CC[C@@H](C)[C@H](NC(=O)C1CCC(CNC(=O)[C@H](CC(C)C)NC(=O)OC(C)(C)C)CC1)C(=O)O. The minimum Gasteiger partial charge on any atom is -0.480 e. The fourth-order valence-electron chi connectivity index (χ4n) is 4.10. The van der Waals surface area contributed by atoms with Crippen molar-refractivity contribution in [3.8, 4) is 0 Å². The number of amides is 3. The molecule has 3 amide bonds. The lowest BCUT2D eigenvalue weighted by Gasteiger charge is -2.30. The Bertz CT molecular complexity index is 695. The number of carboxylic acids is 1. The molecule has 0 aromatic carbocycles. The average molecular weight is 484 g/mol. The summed E-state index contributed by atoms with van der Waals surface area (Å²) in [5.41, 5.74) is -0.646. The van der Waals surface area contributed by atoms with Gasteiger partial charge >= 0.3 is 12.1 Å². The van der Waals surface area contributed by atoms with Crippen LogP contribution in [0.3, 0.4) is 0 Å². The normalized spacial score (nSPS) is 21.2. The second-order valence-corrected chi connectivity index (χ2v) is 11.0. The second-order valence-electron chi connectivity index (χ2n) is 11.0. The summed E-state index contributed by atoms with van der Waals surface area (Å²) in [5.74, 6) is -1.34. The van der Waals surface area contributed by atoms with E-state index in [0.29, 0.717) is 32.2 Å². The van der Waals surface area contributed by atoms with Gasteiger partial charge in [0.25, 0.3) is 0 Å². The van der Waals surface area contributed by atoms with Crippen LogP contribution in [0.2, 0.25) is 0 Å². The van der Waals surface area contributed by atoms with Crippen LogP contribution in [0.1, 0.15) is 87.0 Å². The molecule has 0 radical (unpaired) electrons. The molecule has 1 aliphatic carbocycles. The lowest BCUT2D eigenvalue weighted by Crippen LogP contribution is -2.50. The van der Waals surface area contributed by atoms with Crippen LogP contribution in [0.5, 0.6) is 0 Å². The number of alkyl carbamates (subject to hydrolysis) is 1. The third-order valence-electron chi connectivity index (χ3n) is 6.27. The lowest BCUT2D eigenvalue weighted by atomic mass is 9.81. The average Bonchev–Trinajstić information content (AvgIpc) is 2.73. The summed E-state index contributed by atoms with van der Waals surface area (Å²) in [6, 6.07) is -1.55. The Morgan fingerprint density at radius 3 is 2.06 bits per heavy atom. The van der Waals surface area contributed by atoms with Crippen molar-refractivity contribution < 1.29 is 29.0 Å². The quantitative estimate of drug-likeness (QED) is 0.356. The molecule has 1 saturated carbocycles.